The van der Waals surface area contributed by atoms with Gasteiger partial charge < -0.3 is 15.4 Å². The van der Waals surface area contributed by atoms with Gasteiger partial charge >= 0.3 is 5.97 Å². The number of nitrogens with one attached hydrogen (secondary N) is 2. The summed E-state index contributed by atoms with van der Waals surface area (Å²) in [7, 11) is 0. The zero-order valence-electron chi connectivity index (χ0n) is 12.7. The van der Waals surface area contributed by atoms with Crippen LogP contribution in [0.5, 0.6) is 0 Å². The van der Waals surface area contributed by atoms with Crippen LogP contribution >= 0.6 is 0 Å². The number of anilines is 1. The quantitative estimate of drug-likeness (QED) is 0.814. The number of esters is 1. The Bertz CT molecular complexity index is 507. The third kappa shape index (κ3) is 4.04. The van der Waals surface area contributed by atoms with Gasteiger partial charge in [0.15, 0.2) is 0 Å². The monoisotopic (exact) mass is 290 g/mol. The average molecular weight is 290 g/mol. The molecule has 2 rings (SSSR count). The van der Waals surface area contributed by atoms with Gasteiger partial charge in [0.1, 0.15) is 0 Å². The van der Waals surface area contributed by atoms with Crippen LogP contribution in [-0.2, 0) is 9.53 Å². The fraction of sp³-hybridized carbons (Fsp3) is 0.500. The topological polar surface area (TPSA) is 67.4 Å². The molecule has 1 aromatic rings. The van der Waals surface area contributed by atoms with E-state index >= 15 is 0 Å². The van der Waals surface area contributed by atoms with Crippen LogP contribution in [0.15, 0.2) is 24.3 Å². The lowest BCUT2D eigenvalue weighted by Gasteiger charge is -2.31. The molecule has 1 atom stereocenters. The molecule has 114 valence electrons. The first kappa shape index (κ1) is 15.5. The zero-order chi connectivity index (χ0) is 15.4. The lowest BCUT2D eigenvalue weighted by Crippen LogP contribution is -2.48. The van der Waals surface area contributed by atoms with Crippen LogP contribution in [0.3, 0.4) is 0 Å². The van der Waals surface area contributed by atoms with Crippen molar-refractivity contribution in [2.75, 3.05) is 18.4 Å². The summed E-state index contributed by atoms with van der Waals surface area (Å²) in [6, 6.07) is 6.77. The predicted octanol–water partition coefficient (Wildman–Crippen LogP) is 2.05. The third-order valence-electron chi connectivity index (χ3n) is 3.66. The fourth-order valence-electron chi connectivity index (χ4n) is 2.11. The number of rotatable bonds is 5. The molecule has 1 aliphatic heterocycles. The van der Waals surface area contributed by atoms with Gasteiger partial charge in [-0.05, 0) is 57.1 Å². The van der Waals surface area contributed by atoms with E-state index in [0.29, 0.717) is 17.2 Å². The Labute approximate surface area is 125 Å². The van der Waals surface area contributed by atoms with Crippen molar-refractivity contribution in [1.82, 2.24) is 5.32 Å². The van der Waals surface area contributed by atoms with Gasteiger partial charge in [-0.1, -0.05) is 6.92 Å². The van der Waals surface area contributed by atoms with Crippen molar-refractivity contribution in [3.63, 3.8) is 0 Å². The van der Waals surface area contributed by atoms with Crippen LogP contribution in [0.1, 0.15) is 31.1 Å². The molecule has 1 aromatic carbocycles. The summed E-state index contributed by atoms with van der Waals surface area (Å²) < 4.78 is 5.12. The van der Waals surface area contributed by atoms with E-state index < -0.39 is 0 Å². The molecule has 2 N–H and O–H groups in total. The van der Waals surface area contributed by atoms with Crippen LogP contribution < -0.4 is 10.6 Å². The third-order valence-corrected chi connectivity index (χ3v) is 3.66. The minimum atomic E-state index is -0.350. The maximum Gasteiger partial charge on any atom is 0.338 e. The summed E-state index contributed by atoms with van der Waals surface area (Å²) in [6.07, 6.45) is -0.145. The number of benzene rings is 1. The van der Waals surface area contributed by atoms with Crippen LogP contribution in [-0.4, -0.2) is 31.1 Å². The van der Waals surface area contributed by atoms with Crippen LogP contribution in [0.4, 0.5) is 5.69 Å². The second-order valence-corrected chi connectivity index (χ2v) is 5.73. The molecule has 0 spiro atoms. The second kappa shape index (κ2) is 6.72. The highest BCUT2D eigenvalue weighted by Crippen LogP contribution is 2.19. The predicted molar refractivity (Wildman–Crippen MR) is 81.1 cm³/mol. The summed E-state index contributed by atoms with van der Waals surface area (Å²) in [5.74, 6) is 0.0536. The molecule has 1 unspecified atom stereocenters. The van der Waals surface area contributed by atoms with E-state index in [2.05, 4.69) is 10.6 Å². The highest BCUT2D eigenvalue weighted by molar-refractivity contribution is 5.94. The maximum atomic E-state index is 12.1. The largest absolute Gasteiger partial charge is 0.459 e. The summed E-state index contributed by atoms with van der Waals surface area (Å²) in [4.78, 5) is 23.8. The molecule has 0 saturated carbocycles. The first-order valence-electron chi connectivity index (χ1n) is 7.30. The van der Waals surface area contributed by atoms with E-state index in [9.17, 15) is 9.59 Å². The lowest BCUT2D eigenvalue weighted by molar-refractivity contribution is -0.121. The van der Waals surface area contributed by atoms with E-state index in [-0.39, 0.29) is 23.9 Å². The molecule has 1 heterocycles. The highest BCUT2D eigenvalue weighted by atomic mass is 16.5. The summed E-state index contributed by atoms with van der Waals surface area (Å²) in [5.41, 5.74) is 1.18. The Morgan fingerprint density at radius 1 is 1.19 bits per heavy atom. The van der Waals surface area contributed by atoms with Crippen LogP contribution in [0.25, 0.3) is 0 Å². The number of hydrogen-bond donors (Lipinski definition) is 2. The Hall–Kier alpha value is -1.88. The van der Waals surface area contributed by atoms with Crippen molar-refractivity contribution in [3.05, 3.63) is 29.8 Å². The first-order valence-corrected chi connectivity index (χ1v) is 7.30. The smallest absolute Gasteiger partial charge is 0.338 e. The summed E-state index contributed by atoms with van der Waals surface area (Å²) in [5, 5.41) is 6.04. The van der Waals surface area contributed by atoms with Gasteiger partial charge in [0.25, 0.3) is 0 Å². The van der Waals surface area contributed by atoms with Crippen molar-refractivity contribution in [2.24, 2.45) is 11.8 Å². The summed E-state index contributed by atoms with van der Waals surface area (Å²) in [6.45, 7) is 7.35. The number of ether oxygens (including phenoxy) is 1. The van der Waals surface area contributed by atoms with Crippen molar-refractivity contribution in [1.29, 1.82) is 0 Å². The van der Waals surface area contributed by atoms with Crippen LogP contribution in [0, 0.1) is 11.8 Å². The van der Waals surface area contributed by atoms with E-state index in [1.807, 2.05) is 20.8 Å². The molecule has 0 bridgehead atoms. The maximum absolute atomic E-state index is 12.1. The molecule has 0 aromatic heterocycles. The minimum absolute atomic E-state index is 0.0130. The number of carbonyl (C=O) groups excluding carboxylic acids is 2. The molecule has 5 heteroatoms. The lowest BCUT2D eigenvalue weighted by atomic mass is 9.88. The Kier molecular flexibility index (Phi) is 4.96. The van der Waals surface area contributed by atoms with Crippen molar-refractivity contribution >= 4 is 17.6 Å². The molecule has 1 amide bonds. The summed E-state index contributed by atoms with van der Waals surface area (Å²) >= 11 is 0. The fourth-order valence-corrected chi connectivity index (χ4v) is 2.11. The van der Waals surface area contributed by atoms with Gasteiger partial charge in [-0.25, -0.2) is 4.79 Å². The molecular formula is C16H22N2O3. The molecule has 0 radical (unpaired) electrons. The van der Waals surface area contributed by atoms with Crippen molar-refractivity contribution < 1.29 is 14.3 Å². The van der Waals surface area contributed by atoms with Gasteiger partial charge in [-0.2, -0.15) is 0 Å². The van der Waals surface area contributed by atoms with Gasteiger partial charge in [-0.15, -0.1) is 0 Å². The molecule has 1 aliphatic rings. The molecular weight excluding hydrogens is 268 g/mol. The molecule has 21 heavy (non-hydrogen) atoms. The van der Waals surface area contributed by atoms with Gasteiger partial charge in [-0.3, -0.25) is 4.79 Å². The number of carbonyl (C=O) groups is 2. The van der Waals surface area contributed by atoms with Crippen molar-refractivity contribution in [3.8, 4) is 0 Å². The van der Waals surface area contributed by atoms with Gasteiger partial charge in [0.2, 0.25) is 5.91 Å². The SMILES string of the molecule is CC(C)OC(=O)c1ccc(NC(=O)C(C)C2CNC2)cc1. The van der Waals surface area contributed by atoms with Crippen LogP contribution in [0.2, 0.25) is 0 Å². The standard InChI is InChI=1S/C16H22N2O3/c1-10(2)21-16(20)12-4-6-14(7-5-12)18-15(19)11(3)13-8-17-9-13/h4-7,10-11,13,17H,8-9H2,1-3H3,(H,18,19). The Balaban J connectivity index is 1.92. The molecule has 0 aliphatic carbocycles. The van der Waals surface area contributed by atoms with Gasteiger partial charge in [0.05, 0.1) is 11.7 Å². The Morgan fingerprint density at radius 2 is 1.81 bits per heavy atom. The number of amides is 1. The first-order chi connectivity index (χ1) is 9.97. The highest BCUT2D eigenvalue weighted by Gasteiger charge is 2.28. The van der Waals surface area contributed by atoms with Crippen molar-refractivity contribution in [2.45, 2.75) is 26.9 Å². The minimum Gasteiger partial charge on any atom is -0.459 e. The van der Waals surface area contributed by atoms with E-state index in [1.165, 1.54) is 0 Å². The van der Waals surface area contributed by atoms with E-state index in [4.69, 9.17) is 4.74 Å². The number of hydrogen-bond acceptors (Lipinski definition) is 4. The zero-order valence-corrected chi connectivity index (χ0v) is 12.7. The molecule has 1 saturated heterocycles. The normalized spacial score (nSPS) is 16.2. The molecule has 1 fully saturated rings. The average Bonchev–Trinajstić information content (AvgIpc) is 2.36. The van der Waals surface area contributed by atoms with E-state index in [0.717, 1.165) is 13.1 Å². The second-order valence-electron chi connectivity index (χ2n) is 5.73. The van der Waals surface area contributed by atoms with E-state index in [1.54, 1.807) is 24.3 Å². The molecule has 5 nitrogen and oxygen atoms in total. The van der Waals surface area contributed by atoms with Gasteiger partial charge in [0, 0.05) is 11.6 Å². The Morgan fingerprint density at radius 3 is 2.29 bits per heavy atom.